The monoisotopic (exact) mass is 269 g/mol. The van der Waals surface area contributed by atoms with Crippen molar-refractivity contribution in [1.82, 2.24) is 0 Å². The minimum atomic E-state index is -0.385. The van der Waals surface area contributed by atoms with Crippen LogP contribution in [0.5, 0.6) is 0 Å². The molecule has 1 aromatic heterocycles. The third kappa shape index (κ3) is 2.79. The molecule has 0 bridgehead atoms. The lowest BCUT2D eigenvalue weighted by Gasteiger charge is -2.17. The van der Waals surface area contributed by atoms with Crippen LogP contribution >= 0.6 is 22.9 Å². The van der Waals surface area contributed by atoms with Crippen LogP contribution in [0.4, 0.5) is 10.1 Å². The highest BCUT2D eigenvalue weighted by Gasteiger charge is 2.13. The smallest absolute Gasteiger partial charge is 0.164 e. The predicted octanol–water partition coefficient (Wildman–Crippen LogP) is 5.10. The highest BCUT2D eigenvalue weighted by molar-refractivity contribution is 7.10. The molecule has 4 heteroatoms. The van der Waals surface area contributed by atoms with E-state index in [0.717, 1.165) is 6.42 Å². The number of benzene rings is 1. The maximum Gasteiger partial charge on any atom is 0.164 e. The van der Waals surface area contributed by atoms with Gasteiger partial charge in [-0.05, 0) is 30.0 Å². The first-order valence-electron chi connectivity index (χ1n) is 5.46. The molecule has 0 aliphatic carbocycles. The standard InChI is InChI=1S/C13H13ClFNS/c1-2-10(12-7-4-8-17-12)16-11-6-3-5-9(14)13(11)15/h3-8,10,16H,2H2,1H3. The van der Waals surface area contributed by atoms with Crippen LogP contribution in [0.2, 0.25) is 5.02 Å². The Bertz CT molecular complexity index is 484. The maximum atomic E-state index is 13.7. The zero-order chi connectivity index (χ0) is 12.3. The van der Waals surface area contributed by atoms with Gasteiger partial charge < -0.3 is 5.32 Å². The van der Waals surface area contributed by atoms with Crippen LogP contribution in [0.1, 0.15) is 24.3 Å². The van der Waals surface area contributed by atoms with Gasteiger partial charge in [0, 0.05) is 4.88 Å². The Morgan fingerprint density at radius 2 is 2.18 bits per heavy atom. The number of thiophene rings is 1. The summed E-state index contributed by atoms with van der Waals surface area (Å²) in [4.78, 5) is 1.20. The van der Waals surface area contributed by atoms with Crippen LogP contribution < -0.4 is 5.32 Å². The lowest BCUT2D eigenvalue weighted by molar-refractivity contribution is 0.625. The third-order valence-electron chi connectivity index (χ3n) is 2.58. The highest BCUT2D eigenvalue weighted by atomic mass is 35.5. The molecule has 2 aromatic rings. The number of rotatable bonds is 4. The van der Waals surface area contributed by atoms with E-state index in [-0.39, 0.29) is 16.9 Å². The molecule has 1 aromatic carbocycles. The van der Waals surface area contributed by atoms with Crippen LogP contribution in [-0.2, 0) is 0 Å². The summed E-state index contributed by atoms with van der Waals surface area (Å²) in [5.74, 6) is -0.385. The summed E-state index contributed by atoms with van der Waals surface area (Å²) in [5, 5.41) is 5.36. The van der Waals surface area contributed by atoms with Gasteiger partial charge in [-0.1, -0.05) is 30.7 Å². The molecule has 1 atom stereocenters. The van der Waals surface area contributed by atoms with E-state index in [1.165, 1.54) is 4.88 Å². The Kier molecular flexibility index (Phi) is 4.02. The van der Waals surface area contributed by atoms with Crippen molar-refractivity contribution < 1.29 is 4.39 Å². The second kappa shape index (κ2) is 5.52. The zero-order valence-electron chi connectivity index (χ0n) is 9.41. The fourth-order valence-electron chi connectivity index (χ4n) is 1.67. The minimum absolute atomic E-state index is 0.128. The Morgan fingerprint density at radius 1 is 1.35 bits per heavy atom. The quantitative estimate of drug-likeness (QED) is 0.814. The summed E-state index contributed by atoms with van der Waals surface area (Å²) >= 11 is 7.42. The molecule has 17 heavy (non-hydrogen) atoms. The van der Waals surface area contributed by atoms with Crippen molar-refractivity contribution in [2.75, 3.05) is 5.32 Å². The van der Waals surface area contributed by atoms with Crippen molar-refractivity contribution in [2.45, 2.75) is 19.4 Å². The van der Waals surface area contributed by atoms with E-state index in [1.54, 1.807) is 29.5 Å². The van der Waals surface area contributed by atoms with Gasteiger partial charge in [0.05, 0.1) is 16.8 Å². The molecule has 0 fully saturated rings. The Morgan fingerprint density at radius 3 is 2.82 bits per heavy atom. The van der Waals surface area contributed by atoms with Gasteiger partial charge in [-0.2, -0.15) is 0 Å². The van der Waals surface area contributed by atoms with E-state index in [2.05, 4.69) is 12.2 Å². The molecule has 1 nitrogen and oxygen atoms in total. The molecular formula is C13H13ClFNS. The van der Waals surface area contributed by atoms with Crippen LogP contribution in [0.25, 0.3) is 0 Å². The maximum absolute atomic E-state index is 13.7. The van der Waals surface area contributed by atoms with Crippen LogP contribution in [0.15, 0.2) is 35.7 Å². The predicted molar refractivity (Wildman–Crippen MR) is 72.4 cm³/mol. The average molecular weight is 270 g/mol. The molecule has 1 heterocycles. The molecule has 0 amide bonds. The third-order valence-corrected chi connectivity index (χ3v) is 3.85. The van der Waals surface area contributed by atoms with Crippen molar-refractivity contribution in [2.24, 2.45) is 0 Å². The lowest BCUT2D eigenvalue weighted by Crippen LogP contribution is -2.09. The number of hydrogen-bond donors (Lipinski definition) is 1. The summed E-state index contributed by atoms with van der Waals surface area (Å²) in [7, 11) is 0. The largest absolute Gasteiger partial charge is 0.375 e. The topological polar surface area (TPSA) is 12.0 Å². The minimum Gasteiger partial charge on any atom is -0.375 e. The van der Waals surface area contributed by atoms with Gasteiger partial charge in [0.15, 0.2) is 5.82 Å². The molecule has 0 aliphatic heterocycles. The summed E-state index contributed by atoms with van der Waals surface area (Å²) < 4.78 is 13.7. The van der Waals surface area contributed by atoms with Crippen molar-refractivity contribution in [3.63, 3.8) is 0 Å². The molecule has 0 aliphatic rings. The summed E-state index contributed by atoms with van der Waals surface area (Å²) in [5.41, 5.74) is 0.456. The van der Waals surface area contributed by atoms with E-state index in [1.807, 2.05) is 17.5 Å². The summed E-state index contributed by atoms with van der Waals surface area (Å²) in [6.45, 7) is 2.07. The fourth-order valence-corrected chi connectivity index (χ4v) is 2.70. The average Bonchev–Trinajstić information content (AvgIpc) is 2.85. The van der Waals surface area contributed by atoms with E-state index in [0.29, 0.717) is 5.69 Å². The fraction of sp³-hybridized carbons (Fsp3) is 0.231. The molecule has 2 rings (SSSR count). The van der Waals surface area contributed by atoms with Gasteiger partial charge in [-0.15, -0.1) is 11.3 Å². The van der Waals surface area contributed by atoms with Crippen molar-refractivity contribution in [3.8, 4) is 0 Å². The molecule has 0 spiro atoms. The number of nitrogens with one attached hydrogen (secondary N) is 1. The first kappa shape index (κ1) is 12.4. The van der Waals surface area contributed by atoms with Crippen molar-refractivity contribution in [1.29, 1.82) is 0 Å². The van der Waals surface area contributed by atoms with Gasteiger partial charge in [0.2, 0.25) is 0 Å². The van der Waals surface area contributed by atoms with E-state index in [9.17, 15) is 4.39 Å². The van der Waals surface area contributed by atoms with E-state index >= 15 is 0 Å². The molecule has 90 valence electrons. The van der Waals surface area contributed by atoms with Crippen molar-refractivity contribution >= 4 is 28.6 Å². The summed E-state index contributed by atoms with van der Waals surface area (Å²) in [6, 6.07) is 9.18. The first-order valence-corrected chi connectivity index (χ1v) is 6.72. The molecular weight excluding hydrogens is 257 g/mol. The lowest BCUT2D eigenvalue weighted by atomic mass is 10.1. The second-order valence-electron chi connectivity index (χ2n) is 3.72. The molecule has 1 N–H and O–H groups in total. The normalized spacial score (nSPS) is 12.4. The van der Waals surface area contributed by atoms with Gasteiger partial charge in [0.1, 0.15) is 0 Å². The zero-order valence-corrected chi connectivity index (χ0v) is 11.0. The Hall–Kier alpha value is -1.06. The first-order chi connectivity index (χ1) is 8.22. The number of hydrogen-bond acceptors (Lipinski definition) is 2. The van der Waals surface area contributed by atoms with Crippen LogP contribution in [-0.4, -0.2) is 0 Å². The number of anilines is 1. The Labute approximate surface area is 109 Å². The van der Waals surface area contributed by atoms with Gasteiger partial charge >= 0.3 is 0 Å². The second-order valence-corrected chi connectivity index (χ2v) is 5.11. The Balaban J connectivity index is 2.22. The van der Waals surface area contributed by atoms with Crippen molar-refractivity contribution in [3.05, 3.63) is 51.4 Å². The molecule has 0 saturated heterocycles. The van der Waals surface area contributed by atoms with Gasteiger partial charge in [-0.3, -0.25) is 0 Å². The molecule has 0 radical (unpaired) electrons. The van der Waals surface area contributed by atoms with E-state index < -0.39 is 0 Å². The SMILES string of the molecule is CCC(Nc1cccc(Cl)c1F)c1cccs1. The van der Waals surface area contributed by atoms with E-state index in [4.69, 9.17) is 11.6 Å². The van der Waals surface area contributed by atoms with Gasteiger partial charge in [-0.25, -0.2) is 4.39 Å². The van der Waals surface area contributed by atoms with Gasteiger partial charge in [0.25, 0.3) is 0 Å². The summed E-state index contributed by atoms with van der Waals surface area (Å²) in [6.07, 6.45) is 0.895. The molecule has 0 saturated carbocycles. The van der Waals surface area contributed by atoms with Crippen LogP contribution in [0, 0.1) is 5.82 Å². The highest BCUT2D eigenvalue weighted by Crippen LogP contribution is 2.29. The number of halogens is 2. The van der Waals surface area contributed by atoms with Crippen LogP contribution in [0.3, 0.4) is 0 Å². The molecule has 1 unspecified atom stereocenters.